The zero-order valence-corrected chi connectivity index (χ0v) is 18.9. The molecule has 1 aliphatic rings. The Bertz CT molecular complexity index is 1120. The first kappa shape index (κ1) is 25.1. The summed E-state index contributed by atoms with van der Waals surface area (Å²) < 4.78 is 16.4. The molecule has 1 saturated carbocycles. The second-order valence-electron chi connectivity index (χ2n) is 8.18. The van der Waals surface area contributed by atoms with Gasteiger partial charge >= 0.3 is 17.9 Å². The van der Waals surface area contributed by atoms with E-state index in [0.29, 0.717) is 0 Å². The van der Waals surface area contributed by atoms with Gasteiger partial charge in [0.15, 0.2) is 18.3 Å². The number of ether oxygens (including phenoxy) is 3. The van der Waals surface area contributed by atoms with Gasteiger partial charge in [-0.3, -0.25) is 0 Å². The van der Waals surface area contributed by atoms with Gasteiger partial charge < -0.3 is 29.5 Å². The summed E-state index contributed by atoms with van der Waals surface area (Å²) in [5.41, 5.74) is 0.404. The highest BCUT2D eigenvalue weighted by Gasteiger charge is 2.55. The van der Waals surface area contributed by atoms with Gasteiger partial charge in [0.2, 0.25) is 0 Å². The number of esters is 3. The Morgan fingerprint density at radius 3 is 1.03 bits per heavy atom. The van der Waals surface area contributed by atoms with Crippen molar-refractivity contribution in [3.8, 4) is 0 Å². The van der Waals surface area contributed by atoms with E-state index in [1.165, 1.54) is 36.4 Å². The molecular weight excluding hydrogens is 468 g/mol. The van der Waals surface area contributed by atoms with Crippen LogP contribution in [0.1, 0.15) is 31.1 Å². The number of hydrogen-bond donors (Lipinski definition) is 3. The summed E-state index contributed by atoms with van der Waals surface area (Å²) in [5, 5.41) is 31.9. The Morgan fingerprint density at radius 1 is 0.444 bits per heavy atom. The highest BCUT2D eigenvalue weighted by atomic mass is 16.6. The monoisotopic (exact) mass is 492 g/mol. The number of carbonyl (C=O) groups excluding carboxylic acids is 3. The maximum absolute atomic E-state index is 12.9. The molecule has 9 nitrogen and oxygen atoms in total. The third-order valence-corrected chi connectivity index (χ3v) is 5.78. The largest absolute Gasteiger partial charge is 0.452 e. The topological polar surface area (TPSA) is 140 Å². The number of hydrogen-bond acceptors (Lipinski definition) is 9. The first-order chi connectivity index (χ1) is 17.4. The van der Waals surface area contributed by atoms with Gasteiger partial charge in [-0.05, 0) is 36.4 Å². The molecule has 186 valence electrons. The first-order valence-electron chi connectivity index (χ1n) is 11.2. The standard InChI is InChI=1S/C27H24O9/c28-19-20(29)22(34-25(31)16-10-4-1-5-11-16)24(36-27(33)18-14-8-3-9-15-18)23(21(19)30)35-26(32)17-12-6-2-7-13-17/h1-15,19-24,28-30H/t19?,20-,21+,22-,23-,24?/m1/s1. The molecule has 4 rings (SSSR count). The molecular formula is C27H24O9. The number of aliphatic hydroxyl groups is 3. The van der Waals surface area contributed by atoms with Crippen LogP contribution in [0.15, 0.2) is 91.0 Å². The van der Waals surface area contributed by atoms with Crippen LogP contribution in [0.4, 0.5) is 0 Å². The molecule has 0 heterocycles. The van der Waals surface area contributed by atoms with Crippen LogP contribution in [0.2, 0.25) is 0 Å². The molecule has 0 spiro atoms. The van der Waals surface area contributed by atoms with Crippen LogP contribution < -0.4 is 0 Å². The number of rotatable bonds is 6. The summed E-state index contributed by atoms with van der Waals surface area (Å²) in [6.45, 7) is 0. The summed E-state index contributed by atoms with van der Waals surface area (Å²) in [6.07, 6.45) is -10.6. The maximum Gasteiger partial charge on any atom is 0.338 e. The van der Waals surface area contributed by atoms with Gasteiger partial charge in [0, 0.05) is 0 Å². The fourth-order valence-electron chi connectivity index (χ4n) is 3.87. The second kappa shape index (κ2) is 11.1. The lowest BCUT2D eigenvalue weighted by molar-refractivity contribution is -0.223. The van der Waals surface area contributed by atoms with Crippen molar-refractivity contribution in [1.82, 2.24) is 0 Å². The van der Waals surface area contributed by atoms with Crippen molar-refractivity contribution in [2.45, 2.75) is 36.6 Å². The van der Waals surface area contributed by atoms with E-state index in [4.69, 9.17) is 14.2 Å². The molecule has 2 unspecified atom stereocenters. The van der Waals surface area contributed by atoms with E-state index in [1.807, 2.05) is 0 Å². The summed E-state index contributed by atoms with van der Waals surface area (Å²) in [7, 11) is 0. The highest BCUT2D eigenvalue weighted by Crippen LogP contribution is 2.30. The summed E-state index contributed by atoms with van der Waals surface area (Å²) in [6, 6.07) is 23.5. The lowest BCUT2D eigenvalue weighted by atomic mass is 9.84. The Hall–Kier alpha value is -4.05. The average Bonchev–Trinajstić information content (AvgIpc) is 2.93. The molecule has 3 N–H and O–H groups in total. The van der Waals surface area contributed by atoms with Crippen molar-refractivity contribution >= 4 is 17.9 Å². The van der Waals surface area contributed by atoms with Crippen LogP contribution >= 0.6 is 0 Å². The molecule has 36 heavy (non-hydrogen) atoms. The zero-order chi connectivity index (χ0) is 25.7. The first-order valence-corrected chi connectivity index (χ1v) is 11.2. The van der Waals surface area contributed by atoms with E-state index in [1.54, 1.807) is 54.6 Å². The van der Waals surface area contributed by atoms with Gasteiger partial charge in [-0.15, -0.1) is 0 Å². The van der Waals surface area contributed by atoms with Gasteiger partial charge in [-0.2, -0.15) is 0 Å². The summed E-state index contributed by atoms with van der Waals surface area (Å²) in [4.78, 5) is 38.4. The van der Waals surface area contributed by atoms with E-state index < -0.39 is 54.5 Å². The predicted molar refractivity (Wildman–Crippen MR) is 125 cm³/mol. The van der Waals surface area contributed by atoms with Crippen LogP contribution in [-0.2, 0) is 14.2 Å². The van der Waals surface area contributed by atoms with Crippen molar-refractivity contribution in [3.05, 3.63) is 108 Å². The molecule has 3 aromatic rings. The summed E-state index contributed by atoms with van der Waals surface area (Å²) in [5.74, 6) is -2.63. The maximum atomic E-state index is 12.9. The molecule has 1 aliphatic carbocycles. The van der Waals surface area contributed by atoms with E-state index in [2.05, 4.69) is 0 Å². The van der Waals surface area contributed by atoms with Crippen molar-refractivity contribution < 1.29 is 43.9 Å². The SMILES string of the molecule is O=C(OC1[C@H](OC(=O)c2ccccc2)[C@H](O)C(O)[C@H](O)[C@H]1OC(=O)c1ccccc1)c1ccccc1. The molecule has 6 atom stereocenters. The van der Waals surface area contributed by atoms with Crippen LogP contribution in [-0.4, -0.2) is 69.9 Å². The van der Waals surface area contributed by atoms with Crippen LogP contribution in [0, 0.1) is 0 Å². The van der Waals surface area contributed by atoms with E-state index in [9.17, 15) is 29.7 Å². The lowest BCUT2D eigenvalue weighted by Gasteiger charge is -2.44. The normalized spacial score (nSPS) is 25.4. The van der Waals surface area contributed by atoms with E-state index in [0.717, 1.165) is 0 Å². The van der Waals surface area contributed by atoms with Crippen molar-refractivity contribution in [2.75, 3.05) is 0 Å². The molecule has 0 radical (unpaired) electrons. The Kier molecular flexibility index (Phi) is 7.74. The zero-order valence-electron chi connectivity index (χ0n) is 18.9. The van der Waals surface area contributed by atoms with Crippen LogP contribution in [0.5, 0.6) is 0 Å². The van der Waals surface area contributed by atoms with Crippen molar-refractivity contribution in [3.63, 3.8) is 0 Å². The number of aliphatic hydroxyl groups excluding tert-OH is 3. The van der Waals surface area contributed by atoms with Gasteiger partial charge in [0.25, 0.3) is 0 Å². The van der Waals surface area contributed by atoms with Crippen LogP contribution in [0.3, 0.4) is 0 Å². The summed E-state index contributed by atoms with van der Waals surface area (Å²) >= 11 is 0. The fraction of sp³-hybridized carbons (Fsp3) is 0.222. The smallest absolute Gasteiger partial charge is 0.338 e. The second-order valence-corrected chi connectivity index (χ2v) is 8.18. The molecule has 0 aromatic heterocycles. The molecule has 0 bridgehead atoms. The minimum absolute atomic E-state index is 0.133. The van der Waals surface area contributed by atoms with Gasteiger partial charge in [-0.25, -0.2) is 14.4 Å². The highest BCUT2D eigenvalue weighted by molar-refractivity contribution is 5.91. The third kappa shape index (κ3) is 5.44. The molecule has 1 fully saturated rings. The van der Waals surface area contributed by atoms with E-state index >= 15 is 0 Å². The molecule has 0 saturated heterocycles. The van der Waals surface area contributed by atoms with E-state index in [-0.39, 0.29) is 16.7 Å². The lowest BCUT2D eigenvalue weighted by Crippen LogP contribution is -2.66. The molecule has 3 aromatic carbocycles. The average molecular weight is 492 g/mol. The third-order valence-electron chi connectivity index (χ3n) is 5.78. The fourth-order valence-corrected chi connectivity index (χ4v) is 3.87. The Labute approximate surface area is 206 Å². The Balaban J connectivity index is 1.67. The number of benzene rings is 3. The quantitative estimate of drug-likeness (QED) is 0.347. The van der Waals surface area contributed by atoms with Crippen LogP contribution in [0.25, 0.3) is 0 Å². The molecule has 0 aliphatic heterocycles. The molecule has 0 amide bonds. The van der Waals surface area contributed by atoms with Crippen molar-refractivity contribution in [1.29, 1.82) is 0 Å². The number of carbonyl (C=O) groups is 3. The van der Waals surface area contributed by atoms with Crippen molar-refractivity contribution in [2.24, 2.45) is 0 Å². The molecule has 9 heteroatoms. The van der Waals surface area contributed by atoms with Gasteiger partial charge in [0.05, 0.1) is 16.7 Å². The van der Waals surface area contributed by atoms with Gasteiger partial charge in [-0.1, -0.05) is 54.6 Å². The Morgan fingerprint density at radius 2 is 0.722 bits per heavy atom. The minimum Gasteiger partial charge on any atom is -0.452 e. The predicted octanol–water partition coefficient (Wildman–Crippen LogP) is 1.76. The van der Waals surface area contributed by atoms with Gasteiger partial charge in [0.1, 0.15) is 18.3 Å². The minimum atomic E-state index is -1.88.